The Morgan fingerprint density at radius 3 is 2.45 bits per heavy atom. The van der Waals surface area contributed by atoms with Crippen LogP contribution < -0.4 is 10.1 Å². The van der Waals surface area contributed by atoms with Gasteiger partial charge in [0.2, 0.25) is 11.8 Å². The lowest BCUT2D eigenvalue weighted by molar-refractivity contribution is -0.150. The standard InChI is InChI=1S/C27H38F3N3O5/c1-17-14-33(25(35)19-8-6-5-7-9-19)18(2)16-38-22-11-10-20(31-24(34)13-27(28,29)30)12-21(22)26(36)32(3)15-23(17)37-4/h10-12,17-19,23H,5-9,13-16H2,1-4H3,(H,31,34)/t17-,18-,23-/m1/s1. The predicted molar refractivity (Wildman–Crippen MR) is 136 cm³/mol. The highest BCUT2D eigenvalue weighted by Crippen LogP contribution is 2.30. The minimum atomic E-state index is -4.65. The SMILES string of the molecule is CO[C@@H]1CN(C)C(=O)c2cc(NC(=O)CC(F)(F)F)ccc2OC[C@@H](C)N(C(=O)C2CCCCC2)C[C@H]1C. The fraction of sp³-hybridized carbons (Fsp3) is 0.667. The normalized spacial score (nSPS) is 24.1. The van der Waals surface area contributed by atoms with Crippen LogP contribution in [-0.4, -0.2) is 79.7 Å². The summed E-state index contributed by atoms with van der Waals surface area (Å²) in [5.41, 5.74) is 0.145. The molecule has 2 aliphatic rings. The lowest BCUT2D eigenvalue weighted by atomic mass is 9.87. The maximum Gasteiger partial charge on any atom is 0.397 e. The van der Waals surface area contributed by atoms with Gasteiger partial charge in [-0.15, -0.1) is 0 Å². The van der Waals surface area contributed by atoms with E-state index in [0.29, 0.717) is 6.54 Å². The highest BCUT2D eigenvalue weighted by atomic mass is 19.4. The van der Waals surface area contributed by atoms with E-state index in [4.69, 9.17) is 9.47 Å². The van der Waals surface area contributed by atoms with Crippen molar-refractivity contribution < 1.29 is 37.0 Å². The van der Waals surface area contributed by atoms with Gasteiger partial charge < -0.3 is 24.6 Å². The Labute approximate surface area is 221 Å². The van der Waals surface area contributed by atoms with E-state index in [0.717, 1.165) is 32.1 Å². The Balaban J connectivity index is 1.91. The molecule has 1 heterocycles. The monoisotopic (exact) mass is 541 g/mol. The van der Waals surface area contributed by atoms with E-state index in [2.05, 4.69) is 5.32 Å². The number of alkyl halides is 3. The van der Waals surface area contributed by atoms with E-state index in [1.807, 2.05) is 18.7 Å². The van der Waals surface area contributed by atoms with E-state index in [1.54, 1.807) is 14.2 Å². The van der Waals surface area contributed by atoms with Crippen molar-refractivity contribution in [2.45, 2.75) is 70.7 Å². The summed E-state index contributed by atoms with van der Waals surface area (Å²) in [5.74, 6) is -1.44. The molecule has 3 atom stereocenters. The molecule has 0 spiro atoms. The van der Waals surface area contributed by atoms with E-state index in [1.165, 1.54) is 23.1 Å². The summed E-state index contributed by atoms with van der Waals surface area (Å²) >= 11 is 0. The molecule has 0 bridgehead atoms. The molecule has 1 fully saturated rings. The van der Waals surface area contributed by atoms with Crippen LogP contribution in [0.25, 0.3) is 0 Å². The van der Waals surface area contributed by atoms with E-state index < -0.39 is 24.4 Å². The van der Waals surface area contributed by atoms with Crippen LogP contribution in [0.2, 0.25) is 0 Å². The maximum absolute atomic E-state index is 13.6. The molecule has 3 amide bonds. The van der Waals surface area contributed by atoms with Gasteiger partial charge in [-0.05, 0) is 38.0 Å². The first-order valence-electron chi connectivity index (χ1n) is 13.1. The van der Waals surface area contributed by atoms with Gasteiger partial charge in [-0.1, -0.05) is 26.2 Å². The summed E-state index contributed by atoms with van der Waals surface area (Å²) in [7, 11) is 3.16. The lowest BCUT2D eigenvalue weighted by Crippen LogP contribution is -2.50. The van der Waals surface area contributed by atoms with Gasteiger partial charge in [-0.3, -0.25) is 14.4 Å². The van der Waals surface area contributed by atoms with Crippen LogP contribution >= 0.6 is 0 Å². The van der Waals surface area contributed by atoms with Gasteiger partial charge in [0.1, 0.15) is 18.8 Å². The zero-order chi connectivity index (χ0) is 28.0. The molecule has 1 aromatic rings. The van der Waals surface area contributed by atoms with E-state index in [-0.39, 0.29) is 60.0 Å². The van der Waals surface area contributed by atoms with Gasteiger partial charge in [0.05, 0.1) is 17.7 Å². The fourth-order valence-corrected chi connectivity index (χ4v) is 5.13. The largest absolute Gasteiger partial charge is 0.491 e. The summed E-state index contributed by atoms with van der Waals surface area (Å²) in [6, 6.07) is 3.86. The number of hydrogen-bond acceptors (Lipinski definition) is 5. The number of amides is 3. The molecule has 3 rings (SSSR count). The molecule has 8 nitrogen and oxygen atoms in total. The second-order valence-electron chi connectivity index (χ2n) is 10.5. The number of hydrogen-bond donors (Lipinski definition) is 1. The molecular weight excluding hydrogens is 503 g/mol. The van der Waals surface area contributed by atoms with Crippen molar-refractivity contribution in [3.63, 3.8) is 0 Å². The third kappa shape index (κ3) is 7.85. The Kier molecular flexibility index (Phi) is 10.0. The summed E-state index contributed by atoms with van der Waals surface area (Å²) < 4.78 is 49.6. The molecule has 0 radical (unpaired) electrons. The molecular formula is C27H38F3N3O5. The van der Waals surface area contributed by atoms with Crippen molar-refractivity contribution in [2.75, 3.05) is 39.2 Å². The molecule has 0 saturated heterocycles. The number of fused-ring (bicyclic) bond motifs is 1. The molecule has 0 aromatic heterocycles. The Bertz CT molecular complexity index is 997. The molecule has 0 unspecified atom stereocenters. The number of carbonyl (C=O) groups excluding carboxylic acids is 3. The van der Waals surface area contributed by atoms with Crippen LogP contribution in [0.5, 0.6) is 5.75 Å². The first-order valence-corrected chi connectivity index (χ1v) is 13.1. The highest BCUT2D eigenvalue weighted by Gasteiger charge is 2.34. The quantitative estimate of drug-likeness (QED) is 0.607. The third-order valence-corrected chi connectivity index (χ3v) is 7.33. The zero-order valence-electron chi connectivity index (χ0n) is 22.5. The Morgan fingerprint density at radius 1 is 1.13 bits per heavy atom. The first kappa shape index (κ1) is 29.7. The van der Waals surface area contributed by atoms with Crippen molar-refractivity contribution in [1.29, 1.82) is 0 Å². The smallest absolute Gasteiger partial charge is 0.397 e. The van der Waals surface area contributed by atoms with Crippen LogP contribution in [0, 0.1) is 11.8 Å². The molecule has 1 aliphatic heterocycles. The summed E-state index contributed by atoms with van der Waals surface area (Å²) in [6.45, 7) is 4.68. The van der Waals surface area contributed by atoms with E-state index >= 15 is 0 Å². The molecule has 1 saturated carbocycles. The number of halogens is 3. The topological polar surface area (TPSA) is 88.2 Å². The number of benzene rings is 1. The number of likely N-dealkylation sites (N-methyl/N-ethyl adjacent to an activating group) is 1. The molecule has 1 aliphatic carbocycles. The molecule has 212 valence electrons. The zero-order valence-corrected chi connectivity index (χ0v) is 22.5. The molecule has 38 heavy (non-hydrogen) atoms. The van der Waals surface area contributed by atoms with Crippen LogP contribution in [0.15, 0.2) is 18.2 Å². The second-order valence-corrected chi connectivity index (χ2v) is 10.5. The molecule has 1 N–H and O–H groups in total. The summed E-state index contributed by atoms with van der Waals surface area (Å²) in [6.07, 6.45) is -1.70. The van der Waals surface area contributed by atoms with Crippen LogP contribution in [0.4, 0.5) is 18.9 Å². The van der Waals surface area contributed by atoms with Crippen molar-refractivity contribution >= 4 is 23.4 Å². The number of methoxy groups -OCH3 is 1. The number of nitrogens with one attached hydrogen (secondary N) is 1. The predicted octanol–water partition coefficient (Wildman–Crippen LogP) is 4.49. The average Bonchev–Trinajstić information content (AvgIpc) is 2.87. The van der Waals surface area contributed by atoms with Crippen LogP contribution in [-0.2, 0) is 14.3 Å². The summed E-state index contributed by atoms with van der Waals surface area (Å²) in [4.78, 5) is 42.1. The van der Waals surface area contributed by atoms with Crippen LogP contribution in [0.1, 0.15) is 62.7 Å². The number of carbonyl (C=O) groups is 3. The highest BCUT2D eigenvalue weighted by molar-refractivity contribution is 5.99. The minimum Gasteiger partial charge on any atom is -0.491 e. The molecule has 1 aromatic carbocycles. The number of rotatable bonds is 4. The van der Waals surface area contributed by atoms with Crippen LogP contribution in [0.3, 0.4) is 0 Å². The maximum atomic E-state index is 13.6. The lowest BCUT2D eigenvalue weighted by Gasteiger charge is -2.38. The average molecular weight is 542 g/mol. The van der Waals surface area contributed by atoms with Crippen molar-refractivity contribution in [1.82, 2.24) is 9.80 Å². The Morgan fingerprint density at radius 2 is 1.82 bits per heavy atom. The number of anilines is 1. The van der Waals surface area contributed by atoms with Gasteiger partial charge in [0, 0.05) is 44.8 Å². The fourth-order valence-electron chi connectivity index (χ4n) is 5.13. The van der Waals surface area contributed by atoms with E-state index in [9.17, 15) is 27.6 Å². The van der Waals surface area contributed by atoms with Crippen molar-refractivity contribution in [2.24, 2.45) is 11.8 Å². The van der Waals surface area contributed by atoms with Crippen molar-refractivity contribution in [3.8, 4) is 5.75 Å². The van der Waals surface area contributed by atoms with Gasteiger partial charge in [-0.25, -0.2) is 0 Å². The minimum absolute atomic E-state index is 0.0216. The summed E-state index contributed by atoms with van der Waals surface area (Å²) in [5, 5.41) is 2.20. The van der Waals surface area contributed by atoms with Gasteiger partial charge >= 0.3 is 6.18 Å². The van der Waals surface area contributed by atoms with Gasteiger partial charge in [-0.2, -0.15) is 13.2 Å². The van der Waals surface area contributed by atoms with Gasteiger partial charge in [0.15, 0.2) is 0 Å². The third-order valence-electron chi connectivity index (χ3n) is 7.33. The Hall–Kier alpha value is -2.82. The second kappa shape index (κ2) is 12.8. The van der Waals surface area contributed by atoms with Crippen molar-refractivity contribution in [3.05, 3.63) is 23.8 Å². The molecule has 11 heteroatoms. The first-order chi connectivity index (χ1) is 17.9. The number of ether oxygens (including phenoxy) is 2. The van der Waals surface area contributed by atoms with Gasteiger partial charge in [0.25, 0.3) is 5.91 Å². The number of nitrogens with zero attached hydrogens (tertiary/aromatic N) is 2.